The number of rotatable bonds is 5. The minimum atomic E-state index is -3.76. The van der Waals surface area contributed by atoms with E-state index in [-0.39, 0.29) is 4.90 Å². The van der Waals surface area contributed by atoms with Crippen LogP contribution in [-0.2, 0) is 10.0 Å². The van der Waals surface area contributed by atoms with Crippen LogP contribution in [0.3, 0.4) is 0 Å². The molecule has 0 aliphatic heterocycles. The lowest BCUT2D eigenvalue weighted by molar-refractivity contribution is 0.598. The highest BCUT2D eigenvalue weighted by atomic mass is 32.2. The zero-order chi connectivity index (χ0) is 13.9. The van der Waals surface area contributed by atoms with Gasteiger partial charge in [-0.15, -0.1) is 0 Å². The molecule has 5 nitrogen and oxygen atoms in total. The molecular weight excluding hydrogens is 262 g/mol. The normalized spacial score (nSPS) is 15.3. The van der Waals surface area contributed by atoms with Crippen molar-refractivity contribution < 1.29 is 8.42 Å². The molecule has 5 N–H and O–H groups in total. The van der Waals surface area contributed by atoms with E-state index in [4.69, 9.17) is 10.9 Å². The van der Waals surface area contributed by atoms with E-state index in [1.54, 1.807) is 12.1 Å². The summed E-state index contributed by atoms with van der Waals surface area (Å²) in [6.45, 7) is 0.693. The molecule has 0 radical (unpaired) electrons. The van der Waals surface area contributed by atoms with Crippen LogP contribution in [0, 0.1) is 0 Å². The molecule has 1 aliphatic rings. The van der Waals surface area contributed by atoms with Crippen LogP contribution in [0.4, 0.5) is 11.4 Å². The summed E-state index contributed by atoms with van der Waals surface area (Å²) >= 11 is 0. The van der Waals surface area contributed by atoms with Gasteiger partial charge >= 0.3 is 0 Å². The van der Waals surface area contributed by atoms with Gasteiger partial charge in [0.2, 0.25) is 10.0 Å². The maximum absolute atomic E-state index is 11.5. The highest BCUT2D eigenvalue weighted by Gasteiger charge is 2.14. The standard InChI is InChI=1S/C13H19N3O2S/c14-11-5-6-12(13(9-11)19(15,17)18)16-8-7-10-3-1-2-4-10/h3,5-6,9,16H,1-2,4,7-8,14H2,(H2,15,17,18). The lowest BCUT2D eigenvalue weighted by Gasteiger charge is -2.11. The Morgan fingerprint density at radius 2 is 2.11 bits per heavy atom. The van der Waals surface area contributed by atoms with E-state index in [0.717, 1.165) is 19.3 Å². The van der Waals surface area contributed by atoms with Crippen molar-refractivity contribution in [2.45, 2.75) is 30.6 Å². The molecule has 1 aromatic rings. The predicted octanol–water partition coefficient (Wildman–Crippen LogP) is 1.83. The Morgan fingerprint density at radius 3 is 2.74 bits per heavy atom. The van der Waals surface area contributed by atoms with Crippen LogP contribution in [0.2, 0.25) is 0 Å². The first-order valence-electron chi connectivity index (χ1n) is 6.31. The predicted molar refractivity (Wildman–Crippen MR) is 77.3 cm³/mol. The highest BCUT2D eigenvalue weighted by molar-refractivity contribution is 7.89. The van der Waals surface area contributed by atoms with E-state index < -0.39 is 10.0 Å². The lowest BCUT2D eigenvalue weighted by atomic mass is 10.1. The average molecular weight is 281 g/mol. The van der Waals surface area contributed by atoms with Crippen molar-refractivity contribution in [3.05, 3.63) is 29.8 Å². The van der Waals surface area contributed by atoms with Gasteiger partial charge in [-0.1, -0.05) is 11.6 Å². The molecule has 2 rings (SSSR count). The Labute approximate surface area is 113 Å². The number of hydrogen-bond acceptors (Lipinski definition) is 4. The second-order valence-corrected chi connectivity index (χ2v) is 6.26. The number of benzene rings is 1. The molecule has 0 heterocycles. The van der Waals surface area contributed by atoms with Crippen molar-refractivity contribution in [2.75, 3.05) is 17.6 Å². The molecule has 0 amide bonds. The molecular formula is C13H19N3O2S. The van der Waals surface area contributed by atoms with Crippen molar-refractivity contribution in [3.63, 3.8) is 0 Å². The second-order valence-electron chi connectivity index (χ2n) is 4.73. The number of nitrogens with two attached hydrogens (primary N) is 2. The fourth-order valence-corrected chi connectivity index (χ4v) is 2.99. The van der Waals surface area contributed by atoms with Crippen LogP contribution in [0.5, 0.6) is 0 Å². The number of allylic oxidation sites excluding steroid dienone is 1. The van der Waals surface area contributed by atoms with Gasteiger partial charge in [0.1, 0.15) is 4.90 Å². The minimum absolute atomic E-state index is 0.0490. The second kappa shape index (κ2) is 5.63. The topological polar surface area (TPSA) is 98.2 Å². The summed E-state index contributed by atoms with van der Waals surface area (Å²) in [6.07, 6.45) is 6.70. The molecule has 0 aromatic heterocycles. The maximum atomic E-state index is 11.5. The summed E-state index contributed by atoms with van der Waals surface area (Å²) in [7, 11) is -3.76. The Balaban J connectivity index is 2.07. The van der Waals surface area contributed by atoms with E-state index in [1.807, 2.05) is 0 Å². The molecule has 0 spiro atoms. The number of nitrogens with one attached hydrogen (secondary N) is 1. The molecule has 0 unspecified atom stereocenters. The van der Waals surface area contributed by atoms with Gasteiger partial charge < -0.3 is 11.1 Å². The Morgan fingerprint density at radius 1 is 1.32 bits per heavy atom. The molecule has 0 atom stereocenters. The van der Waals surface area contributed by atoms with Gasteiger partial charge in [0.15, 0.2) is 0 Å². The third kappa shape index (κ3) is 3.71. The Hall–Kier alpha value is -1.53. The first kappa shape index (κ1) is 13.9. The van der Waals surface area contributed by atoms with Crippen molar-refractivity contribution in [1.29, 1.82) is 0 Å². The van der Waals surface area contributed by atoms with E-state index in [9.17, 15) is 8.42 Å². The Bertz CT molecular complexity index is 594. The SMILES string of the molecule is Nc1ccc(NCCC2=CCCC2)c(S(N)(=O)=O)c1. The quantitative estimate of drug-likeness (QED) is 0.566. The van der Waals surface area contributed by atoms with Crippen LogP contribution in [0.15, 0.2) is 34.7 Å². The molecule has 0 saturated carbocycles. The zero-order valence-electron chi connectivity index (χ0n) is 10.7. The van der Waals surface area contributed by atoms with Crippen LogP contribution >= 0.6 is 0 Å². The molecule has 19 heavy (non-hydrogen) atoms. The lowest BCUT2D eigenvalue weighted by Crippen LogP contribution is -2.16. The summed E-state index contributed by atoms with van der Waals surface area (Å²) in [5.41, 5.74) is 7.92. The largest absolute Gasteiger partial charge is 0.399 e. The number of nitrogen functional groups attached to an aromatic ring is 1. The van der Waals surface area contributed by atoms with Gasteiger partial charge in [-0.2, -0.15) is 0 Å². The third-order valence-electron chi connectivity index (χ3n) is 3.21. The fraction of sp³-hybridized carbons (Fsp3) is 0.385. The van der Waals surface area contributed by atoms with E-state index in [0.29, 0.717) is 17.9 Å². The van der Waals surface area contributed by atoms with Gasteiger partial charge in [-0.25, -0.2) is 13.6 Å². The van der Waals surface area contributed by atoms with Crippen LogP contribution < -0.4 is 16.2 Å². The van der Waals surface area contributed by atoms with E-state index >= 15 is 0 Å². The number of sulfonamides is 1. The first-order valence-corrected chi connectivity index (χ1v) is 7.85. The third-order valence-corrected chi connectivity index (χ3v) is 4.16. The number of anilines is 2. The van der Waals surface area contributed by atoms with Crippen molar-refractivity contribution in [3.8, 4) is 0 Å². The van der Waals surface area contributed by atoms with Crippen LogP contribution in [-0.4, -0.2) is 15.0 Å². The molecule has 0 bridgehead atoms. The van der Waals surface area contributed by atoms with Crippen molar-refractivity contribution in [1.82, 2.24) is 0 Å². The van der Waals surface area contributed by atoms with Crippen molar-refractivity contribution >= 4 is 21.4 Å². The van der Waals surface area contributed by atoms with Crippen LogP contribution in [0.25, 0.3) is 0 Å². The first-order chi connectivity index (χ1) is 8.97. The summed E-state index contributed by atoms with van der Waals surface area (Å²) in [5.74, 6) is 0. The van der Waals surface area contributed by atoms with Gasteiger partial charge in [-0.05, 0) is 43.9 Å². The van der Waals surface area contributed by atoms with Gasteiger partial charge in [-0.3, -0.25) is 0 Å². The number of hydrogen-bond donors (Lipinski definition) is 3. The smallest absolute Gasteiger partial charge is 0.240 e. The molecule has 0 saturated heterocycles. The summed E-state index contributed by atoms with van der Waals surface area (Å²) in [6, 6.07) is 4.69. The average Bonchev–Trinajstić information content (AvgIpc) is 2.83. The van der Waals surface area contributed by atoms with Gasteiger partial charge in [0, 0.05) is 12.2 Å². The monoisotopic (exact) mass is 281 g/mol. The highest BCUT2D eigenvalue weighted by Crippen LogP contribution is 2.24. The van der Waals surface area contributed by atoms with Crippen LogP contribution in [0.1, 0.15) is 25.7 Å². The Kier molecular flexibility index (Phi) is 4.11. The zero-order valence-corrected chi connectivity index (χ0v) is 11.5. The van der Waals surface area contributed by atoms with E-state index in [1.165, 1.54) is 18.1 Å². The van der Waals surface area contributed by atoms with Gasteiger partial charge in [0.05, 0.1) is 5.69 Å². The van der Waals surface area contributed by atoms with Gasteiger partial charge in [0.25, 0.3) is 0 Å². The number of primary sulfonamides is 1. The van der Waals surface area contributed by atoms with E-state index in [2.05, 4.69) is 11.4 Å². The molecule has 1 aromatic carbocycles. The van der Waals surface area contributed by atoms with Crippen molar-refractivity contribution in [2.24, 2.45) is 5.14 Å². The minimum Gasteiger partial charge on any atom is -0.399 e. The fourth-order valence-electron chi connectivity index (χ4n) is 2.24. The molecule has 6 heteroatoms. The summed E-state index contributed by atoms with van der Waals surface area (Å²) in [5, 5.41) is 8.30. The maximum Gasteiger partial charge on any atom is 0.240 e. The summed E-state index contributed by atoms with van der Waals surface area (Å²) in [4.78, 5) is 0.0490. The molecule has 104 valence electrons. The molecule has 0 fully saturated rings. The molecule has 1 aliphatic carbocycles. The summed E-state index contributed by atoms with van der Waals surface area (Å²) < 4.78 is 23.0.